The number of carbonyl (C=O) groups is 2. The summed E-state index contributed by atoms with van der Waals surface area (Å²) in [4.78, 5) is 31.3. The maximum Gasteiger partial charge on any atom is 0.248 e. The normalized spacial score (nSPS) is 15.4. The van der Waals surface area contributed by atoms with Crippen LogP contribution in [0.4, 0.5) is 10.1 Å². The minimum atomic E-state index is -0.567. The van der Waals surface area contributed by atoms with E-state index in [1.807, 2.05) is 36.4 Å². The zero-order valence-corrected chi connectivity index (χ0v) is 18.1. The Morgan fingerprint density at radius 3 is 2.72 bits per heavy atom. The number of pyridine rings is 1. The van der Waals surface area contributed by atoms with Crippen LogP contribution in [0.5, 0.6) is 5.75 Å². The molecule has 1 aliphatic rings. The molecule has 3 aromatic rings. The molecule has 0 bridgehead atoms. The minimum Gasteiger partial charge on any atom is -0.489 e. The summed E-state index contributed by atoms with van der Waals surface area (Å²) in [6.07, 6.45) is 3.63. The fourth-order valence-corrected chi connectivity index (χ4v) is 4.52. The summed E-state index contributed by atoms with van der Waals surface area (Å²) < 4.78 is 18.9. The van der Waals surface area contributed by atoms with Crippen molar-refractivity contribution in [2.45, 2.75) is 19.1 Å². The second-order valence-corrected chi connectivity index (χ2v) is 8.35. The number of aromatic nitrogens is 1. The van der Waals surface area contributed by atoms with Crippen molar-refractivity contribution in [1.82, 2.24) is 9.88 Å². The lowest BCUT2D eigenvalue weighted by molar-refractivity contribution is -0.135. The average Bonchev–Trinajstić information content (AvgIpc) is 3.31. The molecule has 2 amide bonds. The summed E-state index contributed by atoms with van der Waals surface area (Å²) in [7, 11) is 0. The maximum absolute atomic E-state index is 13.1. The van der Waals surface area contributed by atoms with Crippen molar-refractivity contribution in [2.24, 2.45) is 0 Å². The number of carbonyl (C=O) groups excluding carboxylic acids is 2. The molecule has 1 atom stereocenters. The van der Waals surface area contributed by atoms with Crippen LogP contribution < -0.4 is 10.1 Å². The smallest absolute Gasteiger partial charge is 0.248 e. The first kappa shape index (κ1) is 21.8. The van der Waals surface area contributed by atoms with Crippen molar-refractivity contribution in [3.63, 3.8) is 0 Å². The standard InChI is InChI=1S/C24H22FN3O3S/c25-19-6-8-20(9-7-19)27-24(30)22-15-32-16-28(22)23(29)12-17-3-1-5-21(11-17)31-14-18-4-2-10-26-13-18/h1-11,13,22H,12,14-16H2,(H,27,30). The Morgan fingerprint density at radius 2 is 1.94 bits per heavy atom. The quantitative estimate of drug-likeness (QED) is 0.590. The van der Waals surface area contributed by atoms with Crippen molar-refractivity contribution < 1.29 is 18.7 Å². The molecule has 1 N–H and O–H groups in total. The highest BCUT2D eigenvalue weighted by Gasteiger charge is 2.34. The molecule has 6 nitrogen and oxygen atoms in total. The predicted octanol–water partition coefficient (Wildman–Crippen LogP) is 3.88. The Bertz CT molecular complexity index is 1080. The first-order chi connectivity index (χ1) is 15.6. The second kappa shape index (κ2) is 10.3. The second-order valence-electron chi connectivity index (χ2n) is 7.35. The van der Waals surface area contributed by atoms with Gasteiger partial charge in [-0.25, -0.2) is 4.39 Å². The number of nitrogens with one attached hydrogen (secondary N) is 1. The van der Waals surface area contributed by atoms with Crippen LogP contribution in [0.1, 0.15) is 11.1 Å². The van der Waals surface area contributed by atoms with E-state index in [0.717, 1.165) is 11.1 Å². The van der Waals surface area contributed by atoms with Crippen LogP contribution in [0, 0.1) is 5.82 Å². The molecule has 4 rings (SSSR count). The number of ether oxygens (including phenoxy) is 1. The van der Waals surface area contributed by atoms with Crippen LogP contribution in [-0.2, 0) is 22.6 Å². The van der Waals surface area contributed by atoms with Crippen molar-refractivity contribution >= 4 is 29.3 Å². The largest absolute Gasteiger partial charge is 0.489 e. The third-order valence-corrected chi connectivity index (χ3v) is 6.01. The van der Waals surface area contributed by atoms with Gasteiger partial charge in [-0.3, -0.25) is 14.6 Å². The summed E-state index contributed by atoms with van der Waals surface area (Å²) in [5.41, 5.74) is 2.27. The molecule has 164 valence electrons. The fourth-order valence-electron chi connectivity index (χ4n) is 3.34. The van der Waals surface area contributed by atoms with Gasteiger partial charge in [-0.15, -0.1) is 11.8 Å². The summed E-state index contributed by atoms with van der Waals surface area (Å²) in [6, 6.07) is 16.2. The van der Waals surface area contributed by atoms with Gasteiger partial charge in [0, 0.05) is 29.4 Å². The topological polar surface area (TPSA) is 71.5 Å². The summed E-state index contributed by atoms with van der Waals surface area (Å²) in [5.74, 6) is 0.871. The van der Waals surface area contributed by atoms with Gasteiger partial charge in [0.25, 0.3) is 0 Å². The van der Waals surface area contributed by atoms with Crippen molar-refractivity contribution in [3.05, 3.63) is 90.0 Å². The highest BCUT2D eigenvalue weighted by molar-refractivity contribution is 7.99. The Labute approximate surface area is 189 Å². The monoisotopic (exact) mass is 451 g/mol. The number of benzene rings is 2. The number of anilines is 1. The third kappa shape index (κ3) is 5.64. The van der Waals surface area contributed by atoms with Gasteiger partial charge in [0.15, 0.2) is 0 Å². The van der Waals surface area contributed by atoms with Gasteiger partial charge in [0.2, 0.25) is 11.8 Å². The molecule has 0 saturated carbocycles. The minimum absolute atomic E-state index is 0.126. The molecule has 1 fully saturated rings. The molecule has 1 aromatic heterocycles. The molecule has 0 aliphatic carbocycles. The van der Waals surface area contributed by atoms with Gasteiger partial charge in [-0.2, -0.15) is 0 Å². The number of hydrogen-bond donors (Lipinski definition) is 1. The van der Waals surface area contributed by atoms with E-state index in [2.05, 4.69) is 10.3 Å². The van der Waals surface area contributed by atoms with Gasteiger partial charge in [0.05, 0.1) is 12.3 Å². The van der Waals surface area contributed by atoms with Crippen molar-refractivity contribution in [1.29, 1.82) is 0 Å². The zero-order valence-electron chi connectivity index (χ0n) is 17.2. The average molecular weight is 452 g/mol. The molecule has 1 saturated heterocycles. The highest BCUT2D eigenvalue weighted by atomic mass is 32.2. The third-order valence-electron chi connectivity index (χ3n) is 5.00. The lowest BCUT2D eigenvalue weighted by Crippen LogP contribution is -2.45. The van der Waals surface area contributed by atoms with Crippen LogP contribution in [-0.4, -0.2) is 39.4 Å². The Morgan fingerprint density at radius 1 is 1.12 bits per heavy atom. The van der Waals surface area contributed by atoms with E-state index in [-0.39, 0.29) is 24.1 Å². The van der Waals surface area contributed by atoms with Crippen molar-refractivity contribution in [2.75, 3.05) is 16.9 Å². The molecular weight excluding hydrogens is 429 g/mol. The Balaban J connectivity index is 1.36. The molecule has 0 radical (unpaired) electrons. The number of halogens is 1. The zero-order chi connectivity index (χ0) is 22.3. The van der Waals surface area contributed by atoms with Gasteiger partial charge in [-0.05, 0) is 48.0 Å². The van der Waals surface area contributed by atoms with Gasteiger partial charge < -0.3 is 15.0 Å². The van der Waals surface area contributed by atoms with E-state index >= 15 is 0 Å². The number of thioether (sulfide) groups is 1. The lowest BCUT2D eigenvalue weighted by Gasteiger charge is -2.23. The molecule has 32 heavy (non-hydrogen) atoms. The Kier molecular flexibility index (Phi) is 7.01. The summed E-state index contributed by atoms with van der Waals surface area (Å²) in [6.45, 7) is 0.389. The van der Waals surface area contributed by atoms with Crippen LogP contribution in [0.2, 0.25) is 0 Å². The maximum atomic E-state index is 13.1. The van der Waals surface area contributed by atoms with Crippen LogP contribution in [0.15, 0.2) is 73.1 Å². The number of rotatable bonds is 7. The van der Waals surface area contributed by atoms with Crippen LogP contribution >= 0.6 is 11.8 Å². The van der Waals surface area contributed by atoms with Crippen LogP contribution in [0.25, 0.3) is 0 Å². The summed E-state index contributed by atoms with van der Waals surface area (Å²) >= 11 is 1.53. The van der Waals surface area contributed by atoms with Gasteiger partial charge in [-0.1, -0.05) is 18.2 Å². The Hall–Kier alpha value is -3.39. The first-order valence-electron chi connectivity index (χ1n) is 10.1. The van der Waals surface area contributed by atoms with E-state index in [9.17, 15) is 14.0 Å². The summed E-state index contributed by atoms with van der Waals surface area (Å²) in [5, 5.41) is 2.76. The predicted molar refractivity (Wildman–Crippen MR) is 122 cm³/mol. The molecule has 8 heteroatoms. The first-order valence-corrected chi connectivity index (χ1v) is 11.3. The number of nitrogens with zero attached hydrogens (tertiary/aromatic N) is 2. The number of hydrogen-bond acceptors (Lipinski definition) is 5. The highest BCUT2D eigenvalue weighted by Crippen LogP contribution is 2.24. The molecule has 2 heterocycles. The van der Waals surface area contributed by atoms with E-state index in [0.29, 0.717) is 29.7 Å². The molecule has 0 spiro atoms. The number of amides is 2. The van der Waals surface area contributed by atoms with Crippen LogP contribution in [0.3, 0.4) is 0 Å². The van der Waals surface area contributed by atoms with E-state index in [1.165, 1.54) is 36.0 Å². The van der Waals surface area contributed by atoms with Gasteiger partial charge in [0.1, 0.15) is 24.2 Å². The van der Waals surface area contributed by atoms with Gasteiger partial charge >= 0.3 is 0 Å². The van der Waals surface area contributed by atoms with E-state index in [4.69, 9.17) is 4.74 Å². The van der Waals surface area contributed by atoms with E-state index in [1.54, 1.807) is 17.3 Å². The fraction of sp³-hybridized carbons (Fsp3) is 0.208. The lowest BCUT2D eigenvalue weighted by atomic mass is 10.1. The SMILES string of the molecule is O=C(Nc1ccc(F)cc1)C1CSCN1C(=O)Cc1cccc(OCc2cccnc2)c1. The van der Waals surface area contributed by atoms with E-state index < -0.39 is 6.04 Å². The molecule has 1 aliphatic heterocycles. The molecule has 2 aromatic carbocycles. The van der Waals surface area contributed by atoms with Crippen molar-refractivity contribution in [3.8, 4) is 5.75 Å². The molecule has 1 unspecified atom stereocenters. The molecular formula is C24H22FN3O3S.